The molecule has 0 aliphatic heterocycles. The topological polar surface area (TPSA) is 86.8 Å². The summed E-state index contributed by atoms with van der Waals surface area (Å²) in [4.78, 5) is 27.6. The van der Waals surface area contributed by atoms with Gasteiger partial charge in [-0.1, -0.05) is 47.0 Å². The second kappa shape index (κ2) is 12.6. The molecular weight excluding hydrogens is 552 g/mol. The molecule has 2 amide bonds. The summed E-state index contributed by atoms with van der Waals surface area (Å²) >= 11 is 12.7. The van der Waals surface area contributed by atoms with Crippen LogP contribution in [-0.4, -0.2) is 44.3 Å². The molecule has 11 heteroatoms. The van der Waals surface area contributed by atoms with E-state index in [1.165, 1.54) is 4.90 Å². The molecule has 1 unspecified atom stereocenters. The molecule has 0 saturated heterocycles. The SMILES string of the molecule is CCNC(=O)C(C)N(Cc1c(Cl)cccc1Cl)C(=O)CN(c1ccc(C)cc1)S(=O)(=O)c1ccc(F)cc1. The van der Waals surface area contributed by atoms with E-state index in [1.807, 2.05) is 6.92 Å². The number of hydrogen-bond donors (Lipinski definition) is 1. The zero-order valence-electron chi connectivity index (χ0n) is 21.1. The molecule has 202 valence electrons. The van der Waals surface area contributed by atoms with Crippen LogP contribution in [0.1, 0.15) is 25.0 Å². The Labute approximate surface area is 232 Å². The Balaban J connectivity index is 2.06. The van der Waals surface area contributed by atoms with E-state index in [1.54, 1.807) is 56.3 Å². The standard InChI is InChI=1S/C27H28Cl2FN3O4S/c1-4-31-27(35)19(3)32(16-23-24(28)6-5-7-25(23)29)26(34)17-33(21-12-8-18(2)9-13-21)38(36,37)22-14-10-20(30)11-15-22/h5-15,19H,4,16-17H2,1-3H3,(H,31,35). The Morgan fingerprint density at radius 1 is 0.974 bits per heavy atom. The van der Waals surface area contributed by atoms with Crippen molar-refractivity contribution in [3.05, 3.63) is 93.7 Å². The van der Waals surface area contributed by atoms with Gasteiger partial charge in [0.05, 0.1) is 10.6 Å². The van der Waals surface area contributed by atoms with Gasteiger partial charge in [0.2, 0.25) is 11.8 Å². The quantitative estimate of drug-likeness (QED) is 0.358. The first-order valence-corrected chi connectivity index (χ1v) is 14.0. The van der Waals surface area contributed by atoms with Crippen LogP contribution >= 0.6 is 23.2 Å². The number of nitrogens with zero attached hydrogens (tertiary/aromatic N) is 2. The van der Waals surface area contributed by atoms with Gasteiger partial charge in [0.25, 0.3) is 10.0 Å². The van der Waals surface area contributed by atoms with Crippen molar-refractivity contribution < 1.29 is 22.4 Å². The van der Waals surface area contributed by atoms with E-state index in [-0.39, 0.29) is 17.1 Å². The van der Waals surface area contributed by atoms with Crippen LogP contribution in [0.15, 0.2) is 71.6 Å². The lowest BCUT2D eigenvalue weighted by Crippen LogP contribution is -2.51. The molecule has 3 aromatic carbocycles. The van der Waals surface area contributed by atoms with Gasteiger partial charge in [-0.05, 0) is 69.3 Å². The minimum atomic E-state index is -4.29. The van der Waals surface area contributed by atoms with Crippen LogP contribution < -0.4 is 9.62 Å². The second-order valence-electron chi connectivity index (χ2n) is 8.59. The Bertz CT molecular complexity index is 1380. The van der Waals surface area contributed by atoms with Gasteiger partial charge in [0.1, 0.15) is 18.4 Å². The predicted molar refractivity (Wildman–Crippen MR) is 147 cm³/mol. The lowest BCUT2D eigenvalue weighted by Gasteiger charge is -2.32. The highest BCUT2D eigenvalue weighted by atomic mass is 35.5. The van der Waals surface area contributed by atoms with Crippen molar-refractivity contribution >= 4 is 50.7 Å². The summed E-state index contributed by atoms with van der Waals surface area (Å²) in [5.74, 6) is -1.68. The fourth-order valence-corrected chi connectivity index (χ4v) is 5.66. The lowest BCUT2D eigenvalue weighted by atomic mass is 10.1. The number of halogens is 3. The van der Waals surface area contributed by atoms with Crippen molar-refractivity contribution in [1.82, 2.24) is 10.2 Å². The van der Waals surface area contributed by atoms with Gasteiger partial charge >= 0.3 is 0 Å². The molecule has 0 aliphatic carbocycles. The maximum Gasteiger partial charge on any atom is 0.264 e. The van der Waals surface area contributed by atoms with Gasteiger partial charge in [-0.25, -0.2) is 12.8 Å². The molecule has 0 spiro atoms. The lowest BCUT2D eigenvalue weighted by molar-refractivity contribution is -0.139. The maximum atomic E-state index is 13.8. The smallest absolute Gasteiger partial charge is 0.264 e. The third-order valence-electron chi connectivity index (χ3n) is 5.91. The van der Waals surface area contributed by atoms with Crippen molar-refractivity contribution in [2.75, 3.05) is 17.4 Å². The number of amides is 2. The van der Waals surface area contributed by atoms with Gasteiger partial charge in [-0.15, -0.1) is 0 Å². The van der Waals surface area contributed by atoms with Crippen molar-refractivity contribution in [3.8, 4) is 0 Å². The first-order chi connectivity index (χ1) is 17.9. The maximum absolute atomic E-state index is 13.8. The van der Waals surface area contributed by atoms with Crippen LogP contribution in [0, 0.1) is 12.7 Å². The number of benzene rings is 3. The zero-order valence-corrected chi connectivity index (χ0v) is 23.4. The van der Waals surface area contributed by atoms with Crippen LogP contribution in [0.2, 0.25) is 10.0 Å². The highest BCUT2D eigenvalue weighted by molar-refractivity contribution is 7.92. The van der Waals surface area contributed by atoms with E-state index >= 15 is 0 Å². The molecule has 0 saturated carbocycles. The van der Waals surface area contributed by atoms with Gasteiger partial charge in [0, 0.05) is 28.7 Å². The first kappa shape index (κ1) is 29.4. The summed E-state index contributed by atoms with van der Waals surface area (Å²) in [5, 5.41) is 3.28. The van der Waals surface area contributed by atoms with Crippen LogP contribution in [0.3, 0.4) is 0 Å². The number of likely N-dealkylation sites (N-methyl/N-ethyl adjacent to an activating group) is 1. The monoisotopic (exact) mass is 579 g/mol. The largest absolute Gasteiger partial charge is 0.355 e. The highest BCUT2D eigenvalue weighted by Crippen LogP contribution is 2.28. The molecule has 38 heavy (non-hydrogen) atoms. The summed E-state index contributed by atoms with van der Waals surface area (Å²) < 4.78 is 41.8. The van der Waals surface area contributed by atoms with E-state index in [0.29, 0.717) is 22.2 Å². The Morgan fingerprint density at radius 2 is 1.55 bits per heavy atom. The number of carbonyl (C=O) groups excluding carboxylic acids is 2. The normalized spacial score (nSPS) is 12.1. The van der Waals surface area contributed by atoms with Crippen molar-refractivity contribution in [2.24, 2.45) is 0 Å². The Morgan fingerprint density at radius 3 is 2.11 bits per heavy atom. The molecule has 1 N–H and O–H groups in total. The highest BCUT2D eigenvalue weighted by Gasteiger charge is 2.33. The predicted octanol–water partition coefficient (Wildman–Crippen LogP) is 5.19. The minimum Gasteiger partial charge on any atom is -0.355 e. The third-order valence-corrected chi connectivity index (χ3v) is 8.41. The number of hydrogen-bond acceptors (Lipinski definition) is 4. The molecule has 1 atom stereocenters. The van der Waals surface area contributed by atoms with E-state index in [0.717, 1.165) is 34.1 Å². The van der Waals surface area contributed by atoms with E-state index in [4.69, 9.17) is 23.2 Å². The van der Waals surface area contributed by atoms with E-state index in [2.05, 4.69) is 5.32 Å². The Hall–Kier alpha value is -3.14. The van der Waals surface area contributed by atoms with Crippen LogP contribution in [0.5, 0.6) is 0 Å². The zero-order chi connectivity index (χ0) is 28.0. The molecule has 7 nitrogen and oxygen atoms in total. The van der Waals surface area contributed by atoms with Gasteiger partial charge in [-0.3, -0.25) is 13.9 Å². The number of rotatable bonds is 10. The summed E-state index contributed by atoms with van der Waals surface area (Å²) in [6.07, 6.45) is 0. The van der Waals surface area contributed by atoms with Crippen molar-refractivity contribution in [3.63, 3.8) is 0 Å². The summed E-state index contributed by atoms with van der Waals surface area (Å²) in [5.41, 5.74) is 1.54. The molecular formula is C27H28Cl2FN3O4S. The molecule has 0 radical (unpaired) electrons. The van der Waals surface area contributed by atoms with E-state index < -0.39 is 40.2 Å². The van der Waals surface area contributed by atoms with Crippen LogP contribution in [0.25, 0.3) is 0 Å². The molecule has 3 aromatic rings. The number of anilines is 1. The minimum absolute atomic E-state index is 0.131. The molecule has 0 bridgehead atoms. The number of aryl methyl sites for hydroxylation is 1. The molecule has 3 rings (SSSR count). The number of sulfonamides is 1. The second-order valence-corrected chi connectivity index (χ2v) is 11.3. The summed E-state index contributed by atoms with van der Waals surface area (Å²) in [7, 11) is -4.29. The number of carbonyl (C=O) groups is 2. The number of nitrogens with one attached hydrogen (secondary N) is 1. The molecule has 0 aliphatic rings. The van der Waals surface area contributed by atoms with Crippen LogP contribution in [-0.2, 0) is 26.2 Å². The molecule has 0 heterocycles. The fourth-order valence-electron chi connectivity index (χ4n) is 3.73. The van der Waals surface area contributed by atoms with Crippen molar-refractivity contribution in [2.45, 2.75) is 38.3 Å². The van der Waals surface area contributed by atoms with Crippen LogP contribution in [0.4, 0.5) is 10.1 Å². The molecule has 0 fully saturated rings. The fraction of sp³-hybridized carbons (Fsp3) is 0.259. The average molecular weight is 581 g/mol. The first-order valence-electron chi connectivity index (χ1n) is 11.8. The summed E-state index contributed by atoms with van der Waals surface area (Å²) in [6, 6.07) is 14.8. The molecule has 0 aromatic heterocycles. The summed E-state index contributed by atoms with van der Waals surface area (Å²) in [6.45, 7) is 4.71. The van der Waals surface area contributed by atoms with Crippen molar-refractivity contribution in [1.29, 1.82) is 0 Å². The third kappa shape index (κ3) is 6.83. The van der Waals surface area contributed by atoms with Gasteiger partial charge < -0.3 is 10.2 Å². The average Bonchev–Trinajstić information content (AvgIpc) is 2.87. The van der Waals surface area contributed by atoms with Gasteiger partial charge in [-0.2, -0.15) is 0 Å². The van der Waals surface area contributed by atoms with Gasteiger partial charge in [0.15, 0.2) is 0 Å². The Kier molecular flexibility index (Phi) is 9.76. The van der Waals surface area contributed by atoms with E-state index in [9.17, 15) is 22.4 Å².